The van der Waals surface area contributed by atoms with Crippen LogP contribution in [0, 0.1) is 0 Å². The van der Waals surface area contributed by atoms with Gasteiger partial charge in [0.05, 0.1) is 97.9 Å². The highest BCUT2D eigenvalue weighted by atomic mass is 16.3. The lowest BCUT2D eigenvalue weighted by Gasteiger charge is -2.17. The van der Waals surface area contributed by atoms with Crippen LogP contribution in [-0.2, 0) is 0 Å². The van der Waals surface area contributed by atoms with Gasteiger partial charge in [0.15, 0.2) is 0 Å². The molecule has 0 saturated carbocycles. The highest BCUT2D eigenvalue weighted by molar-refractivity contribution is 4.74. The Balaban J connectivity index is -0.000000412. The third kappa shape index (κ3) is 77.5. The number of aliphatic hydroxyl groups excluding tert-OH is 12. The van der Waals surface area contributed by atoms with Crippen molar-refractivity contribution in [3.05, 3.63) is 0 Å². The zero-order valence-electron chi connectivity index (χ0n) is 147. The number of rotatable bonds is 77. The topological polar surface area (TPSA) is 452 Å². The zero-order valence-corrected chi connectivity index (χ0v) is 55.9. The van der Waals surface area contributed by atoms with E-state index in [-0.39, 0.29) is 87.6 Å². The lowest BCUT2D eigenvalue weighted by molar-refractivity contribution is 0.229. The largest absolute Gasteiger partial charge is 0.395 e. The molecule has 0 aromatic carbocycles. The first-order chi connectivity index (χ1) is 84.1. The number of hydrogen-bond acceptors (Lipinski definition) is 28. The fourth-order valence-electron chi connectivity index (χ4n) is 4.68. The molecule has 0 aliphatic rings. The van der Waals surface area contributed by atoms with Gasteiger partial charge in [-0.3, -0.25) is 0 Å². The summed E-state index contributed by atoms with van der Waals surface area (Å²) in [6.07, 6.45) is -26.0. The van der Waals surface area contributed by atoms with Crippen LogP contribution in [0.15, 0.2) is 0 Å². The van der Waals surface area contributed by atoms with Crippen LogP contribution >= 0.6 is 0 Å². The quantitative estimate of drug-likeness (QED) is 0.0312. The SMILES string of the molecule is [2H]OC([2H])([2H])[C@H](CC)N([2H])CCN([2H])[C@@H](CC)C([2H])([2H])O[2H].[2H]OC[C@@H](N([2H])C([2H])([2H])C([2H])([2H])N([2H])[C@H](CO[2H])C([2H])([2H])C([2H])([2H])[2H])C([2H])([2H])C([2H])([2H])[2H].[2H]OC[C@@H](N([2H])CCN([2H])[C@H](CO[2H])C([2H])([2H])C([2H])([2H])[2H])C([2H])([2H])C([2H])([2H])[2H].[2H]OC[C@@]([2H])(CC)N([2H])CCN([2H])[C@]([2H])(CC)CO[2H].[2H]OC[C@H](CC)N([2H])C([2H])([2H])C([2H])([2H])N([2H])[C@]([2H])(CC)CO[2H].[2H]OC[C@]([2H])(N([2H])C([2H])([2H])C([2H])([2H])N([2H])[C@@]([2H])(CO[2H])C([2H])([2H])C([2H])([2H])[2H])C([2H])([2H])C([2H])([2H])[2H].[2H]OC[C@]([2H])(N([2H])CCN([2H])[C@@]([2H])(CO[2H])C([2H])([2H])C([2H])([2H])[2H])C([2H])([2H])C([2H])([2H])[2H]. The molecule has 0 radical (unpaired) electrons. The maximum absolute atomic E-state index is 8.13. The summed E-state index contributed by atoms with van der Waals surface area (Å²) in [6.45, 7) is -57.8. The van der Waals surface area contributed by atoms with Crippen molar-refractivity contribution in [3.8, 4) is 0 Å². The van der Waals surface area contributed by atoms with E-state index in [1.165, 1.54) is 6.92 Å². The molecule has 0 heterocycles. The predicted molar refractivity (Wildman–Crippen MR) is 408 cm³/mol. The van der Waals surface area contributed by atoms with Crippen LogP contribution in [0.25, 0.3) is 0 Å². The summed E-state index contributed by atoms with van der Waals surface area (Å²) in [5.74, 6) is 0. The first-order valence-electron chi connectivity index (χ1n) is 73.1. The van der Waals surface area contributed by atoms with Gasteiger partial charge < -0.3 is 146 Å². The van der Waals surface area contributed by atoms with E-state index in [9.17, 15) is 0 Å². The molecule has 0 aromatic heterocycles. The standard InChI is InChI=1S/7C10H24N2O2/c7*1-3-9(7-13)11-5-6-12-10(4-2)8-14/h7*9-14H,3-8H2,1-2H3/t9-,10+;6*9-,10-/m.111000/s1/i5D2,6D2,9D,13D,14D;1D3,2D3,3D2,4D2,5D2,6D2,9D,10D,13D,14D;1D3,2D3,3D2,4D2,9D,10D,13D,14D;9D,10D,13D,14D;1D3,2D3,3D2,4D2,5D2,6D2,13D,14D;1D3,2D3,3D2,4D2,13D,14D;7D2,8D2,13D,14D/hD14/m1111000/s1. The fraction of sp³-hybridized carbons (Fsp3) is 1.00. The molecule has 0 unspecified atom stereocenters. The first-order valence-corrected chi connectivity index (χ1v) is 29.6. The molecule has 0 aliphatic carbocycles. The van der Waals surface area contributed by atoms with Crippen LogP contribution in [-0.4, -0.2) is 360 Å². The van der Waals surface area contributed by atoms with Crippen molar-refractivity contribution in [2.24, 2.45) is 0 Å². The second kappa shape index (κ2) is 92.0. The van der Waals surface area contributed by atoms with E-state index < -0.39 is 349 Å². The van der Waals surface area contributed by atoms with Crippen molar-refractivity contribution >= 4 is 0 Å². The van der Waals surface area contributed by atoms with Crippen LogP contribution in [0.5, 0.6) is 0 Å². The van der Waals surface area contributed by atoms with Crippen LogP contribution in [0.4, 0.5) is 0 Å². The molecule has 0 bridgehead atoms. The minimum Gasteiger partial charge on any atom is -0.395 e. The molecule has 0 aromatic rings. The van der Waals surface area contributed by atoms with E-state index in [1.807, 2.05) is 0 Å². The summed E-state index contributed by atoms with van der Waals surface area (Å²) >= 11 is 0. The first kappa shape index (κ1) is 27.2. The number of aliphatic hydroxyl groups is 14. The van der Waals surface area contributed by atoms with E-state index >= 15 is 0 Å². The molecule has 98 heavy (non-hydrogen) atoms. The molecule has 14 atom stereocenters. The van der Waals surface area contributed by atoms with Gasteiger partial charge in [-0.1, -0.05) is 96.4 Å². The molecule has 0 rings (SSSR count). The smallest absolute Gasteiger partial charge is 0.210 e. The number of hydrogen-bond donors (Lipinski definition) is 28. The summed E-state index contributed by atoms with van der Waals surface area (Å²) in [5, 5.41) is 58.6. The van der Waals surface area contributed by atoms with Gasteiger partial charge in [0.25, 0.3) is 0 Å². The summed E-state index contributed by atoms with van der Waals surface area (Å²) in [5.41, 5.74) is 0. The van der Waals surface area contributed by atoms with Crippen molar-refractivity contribution in [2.45, 2.75) is 270 Å². The average Bonchev–Trinajstić information content (AvgIpc) is 0.705. The monoisotopic (exact) mass is 1520 g/mol. The molecule has 28 N–H and O–H groups in total. The van der Waals surface area contributed by atoms with Gasteiger partial charge in [0, 0.05) is 257 Å². The molecule has 28 nitrogen and oxygen atoms in total. The molecule has 0 amide bonds. The molecule has 28 heteroatoms. The minimum atomic E-state index is -4.17. The van der Waals surface area contributed by atoms with Gasteiger partial charge in [-0.2, -0.15) is 0 Å². The van der Waals surface area contributed by atoms with Crippen molar-refractivity contribution in [1.29, 1.82) is 20.0 Å². The maximum Gasteiger partial charge on any atom is 0.210 e. The van der Waals surface area contributed by atoms with E-state index in [0.29, 0.717) is 28.8 Å². The molecular weight excluding hydrogens is 1260 g/mol. The molecule has 0 aliphatic heterocycles. The van der Waals surface area contributed by atoms with Crippen molar-refractivity contribution < 1.29 is 178 Å². The second-order valence-corrected chi connectivity index (χ2v) is 17.2. The summed E-state index contributed by atoms with van der Waals surface area (Å²) in [6, 6.07) is -29.1. The third-order valence-corrected chi connectivity index (χ3v) is 10.4. The predicted octanol–water partition coefficient (Wildman–Crippen LogP) is -2.05. The van der Waals surface area contributed by atoms with Gasteiger partial charge in [-0.25, -0.2) is 0 Å². The van der Waals surface area contributed by atoms with Gasteiger partial charge in [-0.15, -0.1) is 0 Å². The summed E-state index contributed by atoms with van der Waals surface area (Å²) < 4.78 is 685. The van der Waals surface area contributed by atoms with E-state index in [2.05, 4.69) is 71.5 Å². The maximum atomic E-state index is 8.13. The Kier molecular flexibility index (Phi) is 25.5. The Morgan fingerprint density at radius 1 is 0.235 bits per heavy atom. The second-order valence-electron chi connectivity index (χ2n) is 17.2. The highest BCUT2D eigenvalue weighted by Gasteiger charge is 2.11. The fourth-order valence-corrected chi connectivity index (χ4v) is 4.68. The zero-order chi connectivity index (χ0) is 153. The molecule has 0 fully saturated rings. The average molecular weight is 1520 g/mol. The van der Waals surface area contributed by atoms with Crippen LogP contribution in [0.3, 0.4) is 0 Å². The Hall–Kier alpha value is -1.12. The Morgan fingerprint density at radius 3 is 0.724 bits per heavy atom. The van der Waals surface area contributed by atoms with E-state index in [4.69, 9.17) is 126 Å². The summed E-state index contributed by atoms with van der Waals surface area (Å²) in [7, 11) is 0. The Morgan fingerprint density at radius 2 is 0.449 bits per heavy atom. The third-order valence-electron chi connectivity index (χ3n) is 10.4. The Bertz CT molecular complexity index is 4630. The van der Waals surface area contributed by atoms with Crippen molar-refractivity contribution in [3.63, 3.8) is 0 Å². The highest BCUT2D eigenvalue weighted by Crippen LogP contribution is 1.96. The van der Waals surface area contributed by atoms with Gasteiger partial charge >= 0.3 is 0 Å². The minimum absolute atomic E-state index is 0.0462. The Labute approximate surface area is 729 Å². The van der Waals surface area contributed by atoms with Gasteiger partial charge in [0.2, 0.25) is 20.0 Å². The van der Waals surface area contributed by atoms with Crippen LogP contribution in [0.1, 0.15) is 272 Å². The molecule has 0 saturated heterocycles. The van der Waals surface area contributed by atoms with Crippen LogP contribution < -0.4 is 74.3 Å². The lowest BCUT2D eigenvalue weighted by Crippen LogP contribution is -2.40. The van der Waals surface area contributed by atoms with Gasteiger partial charge in [-0.05, 0) is 89.5 Å². The lowest BCUT2D eigenvalue weighted by atomic mass is 10.2. The van der Waals surface area contributed by atoms with Crippen LogP contribution in [0.2, 0.25) is 19.8 Å². The summed E-state index contributed by atoms with van der Waals surface area (Å²) in [4.78, 5) is 0. The van der Waals surface area contributed by atoms with Gasteiger partial charge in [0.1, 0.15) is 19.8 Å². The molecule has 602 valence electrons. The van der Waals surface area contributed by atoms with Crippen molar-refractivity contribution in [1.82, 2.24) is 74.3 Å². The molecular formula is C70H168N14O14. The normalized spacial score (nSPS) is 35.1. The van der Waals surface area contributed by atoms with E-state index in [0.717, 1.165) is 21.2 Å². The molecule has 0 spiro atoms. The van der Waals surface area contributed by atoms with Crippen molar-refractivity contribution in [2.75, 3.05) is 184 Å². The van der Waals surface area contributed by atoms with E-state index in [1.54, 1.807) is 34.6 Å². The number of nitrogens with one attached hydrogen (secondary N) is 14.